The zero-order chi connectivity index (χ0) is 19.4. The molecular weight excluding hydrogens is 374 g/mol. The number of hydrogen-bond donors (Lipinski definition) is 1. The summed E-state index contributed by atoms with van der Waals surface area (Å²) in [5.41, 5.74) is 2.08. The third kappa shape index (κ3) is 3.96. The Morgan fingerprint density at radius 3 is 2.15 bits per heavy atom. The molecule has 2 aromatic heterocycles. The highest BCUT2D eigenvalue weighted by molar-refractivity contribution is 7.18. The number of thiophene rings is 2. The molecule has 140 valence electrons. The number of nitrogens with one attached hydrogen (secondary N) is 1. The fourth-order valence-electron chi connectivity index (χ4n) is 2.35. The molecule has 0 atom stereocenters. The van der Waals surface area contributed by atoms with E-state index in [-0.39, 0.29) is 34.6 Å². The predicted octanol–water partition coefficient (Wildman–Crippen LogP) is 4.34. The lowest BCUT2D eigenvalue weighted by Crippen LogP contribution is -2.15. The Bertz CT molecular complexity index is 850. The maximum atomic E-state index is 12.6. The molecular formula is C18H21NO5S2. The molecule has 0 aliphatic rings. The maximum Gasteiger partial charge on any atom is 0.348 e. The van der Waals surface area contributed by atoms with E-state index < -0.39 is 11.9 Å². The van der Waals surface area contributed by atoms with Crippen LogP contribution in [0.5, 0.6) is 0 Å². The fourth-order valence-corrected chi connectivity index (χ4v) is 4.30. The lowest BCUT2D eigenvalue weighted by atomic mass is 10.1. The van der Waals surface area contributed by atoms with Crippen molar-refractivity contribution in [2.24, 2.45) is 0 Å². The first-order valence-corrected chi connectivity index (χ1v) is 9.85. The maximum absolute atomic E-state index is 12.6. The largest absolute Gasteiger partial charge is 0.462 e. The van der Waals surface area contributed by atoms with E-state index in [1.807, 2.05) is 13.8 Å². The summed E-state index contributed by atoms with van der Waals surface area (Å²) in [6, 6.07) is 0. The molecule has 1 amide bonds. The minimum Gasteiger partial charge on any atom is -0.462 e. The molecule has 0 spiro atoms. The highest BCUT2D eigenvalue weighted by Crippen LogP contribution is 2.35. The third-order valence-electron chi connectivity index (χ3n) is 3.84. The minimum atomic E-state index is -0.578. The molecule has 0 bridgehead atoms. The van der Waals surface area contributed by atoms with Gasteiger partial charge in [0.1, 0.15) is 9.88 Å². The minimum absolute atomic E-state index is 0.192. The van der Waals surface area contributed by atoms with Crippen molar-refractivity contribution in [3.05, 3.63) is 37.4 Å². The van der Waals surface area contributed by atoms with Crippen LogP contribution in [-0.2, 0) is 9.47 Å². The van der Waals surface area contributed by atoms with E-state index in [4.69, 9.17) is 9.47 Å². The van der Waals surface area contributed by atoms with Crippen LogP contribution in [0.4, 0.5) is 5.00 Å². The molecule has 6 nitrogen and oxygen atoms in total. The Labute approximate surface area is 160 Å². The van der Waals surface area contributed by atoms with Crippen LogP contribution in [0.25, 0.3) is 0 Å². The van der Waals surface area contributed by atoms with Crippen molar-refractivity contribution < 1.29 is 23.9 Å². The van der Waals surface area contributed by atoms with E-state index >= 15 is 0 Å². The number of rotatable bonds is 6. The molecule has 0 aliphatic carbocycles. The van der Waals surface area contributed by atoms with Gasteiger partial charge in [-0.15, -0.1) is 22.7 Å². The molecule has 2 aromatic rings. The number of esters is 2. The summed E-state index contributed by atoms with van der Waals surface area (Å²) >= 11 is 2.51. The first kappa shape index (κ1) is 20.1. The molecule has 0 saturated carbocycles. The number of anilines is 1. The van der Waals surface area contributed by atoms with Crippen molar-refractivity contribution in [2.75, 3.05) is 18.5 Å². The number of aryl methyl sites for hydroxylation is 1. The van der Waals surface area contributed by atoms with Gasteiger partial charge < -0.3 is 14.8 Å². The number of carbonyl (C=O) groups is 3. The number of amides is 1. The summed E-state index contributed by atoms with van der Waals surface area (Å²) in [7, 11) is 0. The Balaban J connectivity index is 2.43. The van der Waals surface area contributed by atoms with Gasteiger partial charge in [-0.05, 0) is 45.7 Å². The van der Waals surface area contributed by atoms with Gasteiger partial charge in [-0.2, -0.15) is 0 Å². The van der Waals surface area contributed by atoms with Crippen molar-refractivity contribution in [1.29, 1.82) is 0 Å². The highest BCUT2D eigenvalue weighted by atomic mass is 32.1. The van der Waals surface area contributed by atoms with Gasteiger partial charge >= 0.3 is 11.9 Å². The number of ether oxygens (including phenoxy) is 2. The highest BCUT2D eigenvalue weighted by Gasteiger charge is 2.28. The van der Waals surface area contributed by atoms with Crippen molar-refractivity contribution in [3.63, 3.8) is 0 Å². The summed E-state index contributed by atoms with van der Waals surface area (Å²) < 4.78 is 10.1. The molecule has 2 heterocycles. The molecule has 0 radical (unpaired) electrons. The lowest BCUT2D eigenvalue weighted by molar-refractivity contribution is 0.0527. The smallest absolute Gasteiger partial charge is 0.348 e. The first-order chi connectivity index (χ1) is 12.3. The van der Waals surface area contributed by atoms with Crippen LogP contribution in [0.1, 0.15) is 60.2 Å². The normalized spacial score (nSPS) is 10.5. The van der Waals surface area contributed by atoms with E-state index in [2.05, 4.69) is 5.32 Å². The quantitative estimate of drug-likeness (QED) is 0.736. The molecule has 2 rings (SSSR count). The summed E-state index contributed by atoms with van der Waals surface area (Å²) in [5.74, 6) is -1.43. The van der Waals surface area contributed by atoms with Crippen LogP contribution in [0, 0.1) is 20.8 Å². The topological polar surface area (TPSA) is 81.7 Å². The summed E-state index contributed by atoms with van der Waals surface area (Å²) in [5, 5.41) is 4.82. The lowest BCUT2D eigenvalue weighted by Gasteiger charge is -2.07. The fraction of sp³-hybridized carbons (Fsp3) is 0.389. The standard InChI is InChI=1S/C18H21NO5S2/c1-6-23-17(21)13-10(4)14(18(22)24-7-2)26-16(13)19-15(20)12-8-25-11(5)9(12)3/h8H,6-7H2,1-5H3,(H,19,20). The van der Waals surface area contributed by atoms with E-state index in [9.17, 15) is 14.4 Å². The van der Waals surface area contributed by atoms with E-state index in [1.54, 1.807) is 26.2 Å². The molecule has 0 unspecified atom stereocenters. The third-order valence-corrected chi connectivity index (χ3v) is 6.05. The molecule has 0 aromatic carbocycles. The van der Waals surface area contributed by atoms with E-state index in [0.29, 0.717) is 11.1 Å². The zero-order valence-electron chi connectivity index (χ0n) is 15.3. The van der Waals surface area contributed by atoms with Crippen molar-refractivity contribution in [1.82, 2.24) is 0 Å². The van der Waals surface area contributed by atoms with E-state index in [1.165, 1.54) is 11.3 Å². The van der Waals surface area contributed by atoms with Gasteiger partial charge in [-0.25, -0.2) is 9.59 Å². The summed E-state index contributed by atoms with van der Waals surface area (Å²) in [6.07, 6.45) is 0. The second kappa shape index (κ2) is 8.46. The van der Waals surface area contributed by atoms with Crippen LogP contribution in [0.3, 0.4) is 0 Å². The molecule has 1 N–H and O–H groups in total. The van der Waals surface area contributed by atoms with Crippen molar-refractivity contribution in [3.8, 4) is 0 Å². The zero-order valence-corrected chi connectivity index (χ0v) is 17.0. The summed E-state index contributed by atoms with van der Waals surface area (Å²) in [4.78, 5) is 38.5. The SMILES string of the molecule is CCOC(=O)c1sc(NC(=O)c2csc(C)c2C)c(C(=O)OCC)c1C. The molecule has 8 heteroatoms. The monoisotopic (exact) mass is 395 g/mol. The Kier molecular flexibility index (Phi) is 6.55. The molecule has 0 fully saturated rings. The van der Waals surface area contributed by atoms with Crippen LogP contribution in [-0.4, -0.2) is 31.1 Å². The van der Waals surface area contributed by atoms with Gasteiger partial charge in [0.2, 0.25) is 0 Å². The Morgan fingerprint density at radius 1 is 1.00 bits per heavy atom. The molecule has 26 heavy (non-hydrogen) atoms. The van der Waals surface area contributed by atoms with Crippen LogP contribution in [0.15, 0.2) is 5.38 Å². The summed E-state index contributed by atoms with van der Waals surface area (Å²) in [6.45, 7) is 9.27. The number of hydrogen-bond acceptors (Lipinski definition) is 7. The van der Waals surface area contributed by atoms with Gasteiger partial charge in [0.05, 0.1) is 24.3 Å². The predicted molar refractivity (Wildman–Crippen MR) is 103 cm³/mol. The first-order valence-electron chi connectivity index (χ1n) is 8.15. The van der Waals surface area contributed by atoms with Gasteiger partial charge in [0, 0.05) is 10.3 Å². The average molecular weight is 396 g/mol. The number of carbonyl (C=O) groups excluding carboxylic acids is 3. The molecule has 0 aliphatic heterocycles. The van der Waals surface area contributed by atoms with Crippen molar-refractivity contribution in [2.45, 2.75) is 34.6 Å². The average Bonchev–Trinajstić information content (AvgIpc) is 3.08. The van der Waals surface area contributed by atoms with Gasteiger partial charge in [0.15, 0.2) is 0 Å². The van der Waals surface area contributed by atoms with Gasteiger partial charge in [-0.3, -0.25) is 4.79 Å². The van der Waals surface area contributed by atoms with Crippen LogP contribution in [0.2, 0.25) is 0 Å². The second-order valence-corrected chi connectivity index (χ2v) is 7.59. The van der Waals surface area contributed by atoms with Gasteiger partial charge in [-0.1, -0.05) is 0 Å². The Morgan fingerprint density at radius 2 is 1.62 bits per heavy atom. The molecule has 0 saturated heterocycles. The van der Waals surface area contributed by atoms with Crippen molar-refractivity contribution >= 4 is 45.5 Å². The Hall–Kier alpha value is -2.19. The van der Waals surface area contributed by atoms with Crippen LogP contribution >= 0.6 is 22.7 Å². The second-order valence-electron chi connectivity index (χ2n) is 5.49. The van der Waals surface area contributed by atoms with Gasteiger partial charge in [0.25, 0.3) is 5.91 Å². The van der Waals surface area contributed by atoms with E-state index in [0.717, 1.165) is 21.8 Å². The van der Waals surface area contributed by atoms with Crippen LogP contribution < -0.4 is 5.32 Å².